The minimum absolute atomic E-state index is 0. The van der Waals surface area contributed by atoms with E-state index in [1.54, 1.807) is 0 Å². The minimum atomic E-state index is -1.56. The van der Waals surface area contributed by atoms with Gasteiger partial charge in [-0.1, -0.05) is 34.8 Å². The highest BCUT2D eigenvalue weighted by molar-refractivity contribution is 6.76. The molecule has 1 aliphatic rings. The Kier molecular flexibility index (Phi) is 5.76. The molecule has 0 saturated carbocycles. The lowest BCUT2D eigenvalue weighted by molar-refractivity contribution is 0.337. The molecule has 78 valence electrons. The zero-order chi connectivity index (χ0) is 9.19. The predicted molar refractivity (Wildman–Crippen MR) is 60.7 cm³/mol. The summed E-state index contributed by atoms with van der Waals surface area (Å²) in [6.45, 7) is 1.68. The molecule has 1 heterocycles. The van der Waals surface area contributed by atoms with Crippen LogP contribution in [0, 0.1) is 5.41 Å². The standard InChI is InChI=1S/C7H11Cl3N2.ClH/c8-7(9,10)6(11)12-4-2-1-3-5-12;/h11H,1-5H2;1H. The molecule has 1 saturated heterocycles. The van der Waals surface area contributed by atoms with Gasteiger partial charge in [-0.3, -0.25) is 5.41 Å². The lowest BCUT2D eigenvalue weighted by Crippen LogP contribution is -2.41. The van der Waals surface area contributed by atoms with Gasteiger partial charge in [0.2, 0.25) is 3.79 Å². The van der Waals surface area contributed by atoms with Crippen molar-refractivity contribution in [3.05, 3.63) is 0 Å². The molecule has 0 unspecified atom stereocenters. The van der Waals surface area contributed by atoms with Crippen molar-refractivity contribution >= 4 is 53.0 Å². The molecule has 1 aliphatic heterocycles. The fourth-order valence-corrected chi connectivity index (χ4v) is 1.66. The normalized spacial score (nSPS) is 17.9. The molecule has 6 heteroatoms. The summed E-state index contributed by atoms with van der Waals surface area (Å²) in [7, 11) is 0. The second-order valence-corrected chi connectivity index (χ2v) is 5.18. The van der Waals surface area contributed by atoms with E-state index in [-0.39, 0.29) is 18.2 Å². The van der Waals surface area contributed by atoms with E-state index in [4.69, 9.17) is 40.2 Å². The Morgan fingerprint density at radius 3 is 1.92 bits per heavy atom. The molecule has 1 rings (SSSR count). The highest BCUT2D eigenvalue weighted by Gasteiger charge is 2.31. The quantitative estimate of drug-likeness (QED) is 0.406. The Bertz CT molecular complexity index is 172. The maximum Gasteiger partial charge on any atom is 0.247 e. The first kappa shape index (κ1) is 13.6. The zero-order valence-electron chi connectivity index (χ0n) is 7.02. The molecular formula is C7H12Cl4N2. The Balaban J connectivity index is 0.00000144. The predicted octanol–water partition coefficient (Wildman–Crippen LogP) is 3.24. The van der Waals surface area contributed by atoms with Crippen LogP contribution >= 0.6 is 47.2 Å². The van der Waals surface area contributed by atoms with E-state index in [2.05, 4.69) is 0 Å². The van der Waals surface area contributed by atoms with Crippen LogP contribution in [0.1, 0.15) is 19.3 Å². The number of hydrogen-bond acceptors (Lipinski definition) is 1. The highest BCUT2D eigenvalue weighted by atomic mass is 35.6. The van der Waals surface area contributed by atoms with Crippen LogP contribution in [0.3, 0.4) is 0 Å². The van der Waals surface area contributed by atoms with Gasteiger partial charge in [-0.15, -0.1) is 12.4 Å². The van der Waals surface area contributed by atoms with Crippen LogP contribution < -0.4 is 0 Å². The van der Waals surface area contributed by atoms with Crippen LogP contribution in [0.5, 0.6) is 0 Å². The Labute approximate surface area is 99.4 Å². The Hall–Kier alpha value is 0.630. The fourth-order valence-electron chi connectivity index (χ4n) is 1.30. The highest BCUT2D eigenvalue weighted by Crippen LogP contribution is 2.29. The van der Waals surface area contributed by atoms with E-state index in [0.29, 0.717) is 0 Å². The SMILES string of the molecule is Cl.N=C(N1CCCCC1)C(Cl)(Cl)Cl. The van der Waals surface area contributed by atoms with Gasteiger partial charge in [-0.25, -0.2) is 0 Å². The van der Waals surface area contributed by atoms with Crippen LogP contribution in [-0.2, 0) is 0 Å². The Morgan fingerprint density at radius 2 is 1.54 bits per heavy atom. The summed E-state index contributed by atoms with van der Waals surface area (Å²) >= 11 is 16.7. The number of likely N-dealkylation sites (tertiary alicyclic amines) is 1. The van der Waals surface area contributed by atoms with E-state index in [0.717, 1.165) is 25.9 Å². The molecule has 0 amide bonds. The van der Waals surface area contributed by atoms with Gasteiger partial charge in [0, 0.05) is 13.1 Å². The third-order valence-corrected chi connectivity index (χ3v) is 2.48. The molecule has 0 radical (unpaired) electrons. The van der Waals surface area contributed by atoms with Crippen LogP contribution in [0.25, 0.3) is 0 Å². The van der Waals surface area contributed by atoms with Gasteiger partial charge >= 0.3 is 0 Å². The zero-order valence-corrected chi connectivity index (χ0v) is 10.1. The van der Waals surface area contributed by atoms with E-state index >= 15 is 0 Å². The van der Waals surface area contributed by atoms with Gasteiger partial charge in [0.05, 0.1) is 0 Å². The first-order valence-corrected chi connectivity index (χ1v) is 5.06. The van der Waals surface area contributed by atoms with Crippen molar-refractivity contribution in [3.63, 3.8) is 0 Å². The number of piperidine rings is 1. The maximum atomic E-state index is 7.56. The van der Waals surface area contributed by atoms with Gasteiger partial charge in [0.1, 0.15) is 5.84 Å². The molecule has 13 heavy (non-hydrogen) atoms. The van der Waals surface area contributed by atoms with Gasteiger partial charge in [0.25, 0.3) is 0 Å². The number of rotatable bonds is 0. The lowest BCUT2D eigenvalue weighted by Gasteiger charge is -2.31. The first-order valence-electron chi connectivity index (χ1n) is 3.92. The van der Waals surface area contributed by atoms with Crippen molar-refractivity contribution in [2.75, 3.05) is 13.1 Å². The summed E-state index contributed by atoms with van der Waals surface area (Å²) in [6.07, 6.45) is 3.38. The average Bonchev–Trinajstić information content (AvgIpc) is 2.03. The van der Waals surface area contributed by atoms with Gasteiger partial charge in [-0.05, 0) is 19.3 Å². The maximum absolute atomic E-state index is 7.56. The average molecular weight is 266 g/mol. The fraction of sp³-hybridized carbons (Fsp3) is 0.857. The molecule has 0 aromatic rings. The third-order valence-electron chi connectivity index (χ3n) is 1.94. The number of alkyl halides is 3. The van der Waals surface area contributed by atoms with Crippen molar-refractivity contribution in [1.29, 1.82) is 5.41 Å². The largest absolute Gasteiger partial charge is 0.357 e. The van der Waals surface area contributed by atoms with Crippen LogP contribution in [-0.4, -0.2) is 27.6 Å². The van der Waals surface area contributed by atoms with Gasteiger partial charge < -0.3 is 4.90 Å². The smallest absolute Gasteiger partial charge is 0.247 e. The van der Waals surface area contributed by atoms with E-state index in [9.17, 15) is 0 Å². The Morgan fingerprint density at radius 1 is 1.08 bits per heavy atom. The molecule has 0 atom stereocenters. The molecule has 0 aromatic carbocycles. The summed E-state index contributed by atoms with van der Waals surface area (Å²) < 4.78 is -1.56. The number of nitrogens with one attached hydrogen (secondary N) is 1. The number of nitrogens with zero attached hydrogens (tertiary/aromatic N) is 1. The molecule has 0 spiro atoms. The molecule has 1 N–H and O–H groups in total. The molecular weight excluding hydrogens is 254 g/mol. The molecule has 0 aromatic heterocycles. The number of halogens is 4. The van der Waals surface area contributed by atoms with Crippen molar-refractivity contribution in [3.8, 4) is 0 Å². The van der Waals surface area contributed by atoms with Gasteiger partial charge in [-0.2, -0.15) is 0 Å². The number of amidine groups is 1. The van der Waals surface area contributed by atoms with E-state index < -0.39 is 3.79 Å². The lowest BCUT2D eigenvalue weighted by atomic mass is 10.1. The molecule has 0 aliphatic carbocycles. The molecule has 0 bridgehead atoms. The summed E-state index contributed by atoms with van der Waals surface area (Å²) in [5.41, 5.74) is 0. The van der Waals surface area contributed by atoms with Crippen LogP contribution in [0.4, 0.5) is 0 Å². The topological polar surface area (TPSA) is 27.1 Å². The number of hydrogen-bond donors (Lipinski definition) is 1. The third kappa shape index (κ3) is 4.11. The summed E-state index contributed by atoms with van der Waals surface area (Å²) in [6, 6.07) is 0. The van der Waals surface area contributed by atoms with Crippen molar-refractivity contribution in [2.24, 2.45) is 0 Å². The van der Waals surface area contributed by atoms with E-state index in [1.807, 2.05) is 4.90 Å². The second-order valence-electron chi connectivity index (χ2n) is 2.89. The van der Waals surface area contributed by atoms with Crippen molar-refractivity contribution in [2.45, 2.75) is 23.1 Å². The molecule has 1 fully saturated rings. The van der Waals surface area contributed by atoms with Crippen molar-refractivity contribution in [1.82, 2.24) is 4.90 Å². The van der Waals surface area contributed by atoms with Crippen molar-refractivity contribution < 1.29 is 0 Å². The monoisotopic (exact) mass is 264 g/mol. The second kappa shape index (κ2) is 5.50. The van der Waals surface area contributed by atoms with Gasteiger partial charge in [0.15, 0.2) is 0 Å². The van der Waals surface area contributed by atoms with Crippen LogP contribution in [0.2, 0.25) is 0 Å². The summed E-state index contributed by atoms with van der Waals surface area (Å²) in [5, 5.41) is 7.56. The molecule has 2 nitrogen and oxygen atoms in total. The first-order chi connectivity index (χ1) is 5.52. The van der Waals surface area contributed by atoms with Crippen LogP contribution in [0.15, 0.2) is 0 Å². The summed E-state index contributed by atoms with van der Waals surface area (Å²) in [5.74, 6) is 0.104. The minimum Gasteiger partial charge on any atom is -0.357 e. The van der Waals surface area contributed by atoms with E-state index in [1.165, 1.54) is 6.42 Å². The summed E-state index contributed by atoms with van der Waals surface area (Å²) in [4.78, 5) is 1.83.